The Labute approximate surface area is 415 Å². The molecule has 1 unspecified atom stereocenters. The highest BCUT2D eigenvalue weighted by atomic mass is 35.5. The molecule has 1 saturated carbocycles. The number of thiazole rings is 1. The summed E-state index contributed by atoms with van der Waals surface area (Å²) in [5, 5.41) is 32.6. The Bertz CT molecular complexity index is 2460. The van der Waals surface area contributed by atoms with Crippen LogP contribution in [0, 0.1) is 27.6 Å². The first-order valence-corrected chi connectivity index (χ1v) is 25.0. The van der Waals surface area contributed by atoms with Crippen LogP contribution < -0.4 is 26.0 Å². The van der Waals surface area contributed by atoms with Crippen molar-refractivity contribution in [2.75, 3.05) is 31.6 Å². The van der Waals surface area contributed by atoms with Gasteiger partial charge in [0.15, 0.2) is 0 Å². The molecule has 1 aromatic heterocycles. The lowest BCUT2D eigenvalue weighted by Gasteiger charge is -2.63. The molecule has 2 fully saturated rings. The molecule has 3 aromatic carbocycles. The first kappa shape index (κ1) is 52.8. The Morgan fingerprint density at radius 3 is 2.32 bits per heavy atom. The fourth-order valence-electron chi connectivity index (χ4n) is 9.74. The van der Waals surface area contributed by atoms with Gasteiger partial charge in [-0.1, -0.05) is 98.2 Å². The van der Waals surface area contributed by atoms with Crippen LogP contribution in [0.25, 0.3) is 10.4 Å². The van der Waals surface area contributed by atoms with Crippen molar-refractivity contribution in [3.63, 3.8) is 0 Å². The third kappa shape index (κ3) is 12.8. The van der Waals surface area contributed by atoms with Crippen molar-refractivity contribution < 1.29 is 33.8 Å². The van der Waals surface area contributed by atoms with E-state index in [2.05, 4.69) is 73.9 Å². The molecule has 1 saturated heterocycles. The maximum Gasteiger partial charge on any atom is 0.251 e. The molecular formula is C53H68ClN7O7S. The van der Waals surface area contributed by atoms with Gasteiger partial charge in [0, 0.05) is 66.9 Å². The number of aliphatic hydroxyl groups excluding tert-OH is 1. The number of carbonyl (C=O) groups is 4. The van der Waals surface area contributed by atoms with Crippen LogP contribution in [0.15, 0.2) is 72.2 Å². The highest BCUT2D eigenvalue weighted by Crippen LogP contribution is 2.55. The Morgan fingerprint density at radius 1 is 0.986 bits per heavy atom. The van der Waals surface area contributed by atoms with Gasteiger partial charge < -0.3 is 40.7 Å². The Balaban J connectivity index is 0.882. The molecule has 1 aliphatic carbocycles. The SMILES string of the molecule is CC(C)c1ncsc1-c1ccc(CNC(=O)[C@@H]2C[C@@H](O)CN2C(=O)C(NC(=O)COCCCCCNc2ccc(C(=O)N[C@H]3C(C)(C)[C@H](Oc4ccc(C#N)c(Cl)c4)C3(C)C)cc2)C(C)(C)C)cc1. The van der Waals surface area contributed by atoms with E-state index >= 15 is 0 Å². The van der Waals surface area contributed by atoms with Crippen LogP contribution in [0.2, 0.25) is 5.02 Å². The minimum atomic E-state index is -0.948. The van der Waals surface area contributed by atoms with Crippen LogP contribution in [0.5, 0.6) is 5.75 Å². The van der Waals surface area contributed by atoms with Crippen LogP contribution in [-0.4, -0.2) is 95.3 Å². The number of amides is 4. The normalized spacial score (nSPS) is 19.8. The number of carbonyl (C=O) groups excluding carboxylic acids is 4. The average molecular weight is 983 g/mol. The number of ether oxygens (including phenoxy) is 2. The molecule has 2 aliphatic rings. The number of unbranched alkanes of at least 4 members (excludes halogenated alkanes) is 2. The molecule has 0 bridgehead atoms. The van der Waals surface area contributed by atoms with E-state index in [0.717, 1.165) is 46.6 Å². The molecule has 0 spiro atoms. The number of nitriles is 1. The number of halogens is 1. The summed E-state index contributed by atoms with van der Waals surface area (Å²) in [5.74, 6) is -0.506. The molecular weight excluding hydrogens is 914 g/mol. The van der Waals surface area contributed by atoms with Crippen LogP contribution in [-0.2, 0) is 25.7 Å². The monoisotopic (exact) mass is 981 g/mol. The van der Waals surface area contributed by atoms with E-state index < -0.39 is 35.4 Å². The fourth-order valence-corrected chi connectivity index (χ4v) is 10.9. The number of hydrogen-bond acceptors (Lipinski definition) is 11. The average Bonchev–Trinajstić information content (AvgIpc) is 3.96. The Kier molecular flexibility index (Phi) is 17.2. The molecule has 69 heavy (non-hydrogen) atoms. The van der Waals surface area contributed by atoms with E-state index in [1.807, 2.05) is 62.7 Å². The summed E-state index contributed by atoms with van der Waals surface area (Å²) in [7, 11) is 0. The highest BCUT2D eigenvalue weighted by Gasteiger charge is 2.64. The summed E-state index contributed by atoms with van der Waals surface area (Å²) in [6, 6.07) is 20.5. The van der Waals surface area contributed by atoms with Gasteiger partial charge in [-0.3, -0.25) is 19.2 Å². The number of hydrogen-bond donors (Lipinski definition) is 5. The van der Waals surface area contributed by atoms with E-state index in [4.69, 9.17) is 21.1 Å². The van der Waals surface area contributed by atoms with Gasteiger partial charge in [0.2, 0.25) is 17.7 Å². The van der Waals surface area contributed by atoms with Crippen molar-refractivity contribution in [1.82, 2.24) is 25.8 Å². The second kappa shape index (κ2) is 22.5. The second-order valence-corrected chi connectivity index (χ2v) is 22.1. The molecule has 6 rings (SSSR count). The van der Waals surface area contributed by atoms with E-state index in [1.165, 1.54) is 4.90 Å². The van der Waals surface area contributed by atoms with E-state index in [0.29, 0.717) is 41.0 Å². The number of nitrogens with zero attached hydrogens (tertiary/aromatic N) is 3. The van der Waals surface area contributed by atoms with Gasteiger partial charge in [-0.15, -0.1) is 11.3 Å². The van der Waals surface area contributed by atoms with Gasteiger partial charge in [-0.2, -0.15) is 5.26 Å². The third-order valence-corrected chi connectivity index (χ3v) is 14.4. The highest BCUT2D eigenvalue weighted by molar-refractivity contribution is 7.13. The van der Waals surface area contributed by atoms with Gasteiger partial charge in [0.25, 0.3) is 5.91 Å². The molecule has 370 valence electrons. The summed E-state index contributed by atoms with van der Waals surface area (Å²) >= 11 is 7.84. The first-order chi connectivity index (χ1) is 32.6. The number of likely N-dealkylation sites (tertiary alicyclic amines) is 1. The molecule has 2 heterocycles. The summed E-state index contributed by atoms with van der Waals surface area (Å²) in [4.78, 5) is 61.0. The number of aromatic nitrogens is 1. The van der Waals surface area contributed by atoms with Crippen molar-refractivity contribution in [2.45, 2.75) is 131 Å². The molecule has 16 heteroatoms. The lowest BCUT2D eigenvalue weighted by molar-refractivity contribution is -0.164. The molecule has 0 radical (unpaired) electrons. The third-order valence-electron chi connectivity index (χ3n) is 13.2. The van der Waals surface area contributed by atoms with Crippen molar-refractivity contribution in [3.05, 3.63) is 99.6 Å². The van der Waals surface area contributed by atoms with Crippen LogP contribution in [0.4, 0.5) is 5.69 Å². The van der Waals surface area contributed by atoms with Crippen molar-refractivity contribution in [1.29, 1.82) is 5.26 Å². The molecule has 14 nitrogen and oxygen atoms in total. The maximum atomic E-state index is 14.0. The lowest BCUT2D eigenvalue weighted by atomic mass is 9.49. The van der Waals surface area contributed by atoms with E-state index in [1.54, 1.807) is 41.7 Å². The number of β-amino-alcohol motifs (C(OH)–C–C–N with tert-alkyl or cyclic N) is 1. The standard InChI is InChI=1S/C53H68ClN7O7S/c1-32(2)43-44(69-31-58-43)34-15-13-33(14-16-34)28-57-47(65)41-25-38(62)29-61(41)48(66)45(51(3,4)5)59-42(63)30-67-24-12-10-11-23-56-37-20-17-35(18-21-37)46(64)60-49-52(6,7)50(53(49,8)9)68-39-22-19-36(27-55)40(54)26-39/h13-22,26,31-32,38,41,45,49-50,56,62H,10-12,23-25,28-30H2,1-9H3,(H,57,65)(H,59,63)(H,60,64)/t38-,41+,45?,49-,50-/m1/s1. The van der Waals surface area contributed by atoms with Gasteiger partial charge >= 0.3 is 0 Å². The molecule has 4 aromatic rings. The van der Waals surface area contributed by atoms with E-state index in [-0.39, 0.29) is 60.9 Å². The number of rotatable bonds is 20. The zero-order valence-electron chi connectivity index (χ0n) is 41.3. The predicted octanol–water partition coefficient (Wildman–Crippen LogP) is 8.48. The van der Waals surface area contributed by atoms with Crippen LogP contribution >= 0.6 is 22.9 Å². The first-order valence-electron chi connectivity index (χ1n) is 23.8. The minimum absolute atomic E-state index is 0.00907. The number of anilines is 1. The van der Waals surface area contributed by atoms with Crippen molar-refractivity contribution in [2.24, 2.45) is 16.2 Å². The van der Waals surface area contributed by atoms with Gasteiger partial charge in [-0.25, -0.2) is 4.98 Å². The number of nitrogens with one attached hydrogen (secondary N) is 4. The van der Waals surface area contributed by atoms with Crippen LogP contribution in [0.1, 0.15) is 121 Å². The zero-order valence-corrected chi connectivity index (χ0v) is 42.9. The Morgan fingerprint density at radius 2 is 1.68 bits per heavy atom. The largest absolute Gasteiger partial charge is 0.489 e. The number of benzene rings is 3. The lowest BCUT2D eigenvalue weighted by Crippen LogP contribution is -2.74. The van der Waals surface area contributed by atoms with Crippen molar-refractivity contribution >= 4 is 52.3 Å². The quantitative estimate of drug-likeness (QED) is 0.0536. The summed E-state index contributed by atoms with van der Waals surface area (Å²) in [5.41, 5.74) is 5.27. The molecule has 1 aliphatic heterocycles. The van der Waals surface area contributed by atoms with Gasteiger partial charge in [-0.05, 0) is 78.1 Å². The van der Waals surface area contributed by atoms with Gasteiger partial charge in [0.05, 0.1) is 32.8 Å². The smallest absolute Gasteiger partial charge is 0.251 e. The summed E-state index contributed by atoms with van der Waals surface area (Å²) < 4.78 is 12.1. The van der Waals surface area contributed by atoms with Crippen LogP contribution in [0.3, 0.4) is 0 Å². The van der Waals surface area contributed by atoms with Gasteiger partial charge in [0.1, 0.15) is 36.6 Å². The minimum Gasteiger partial charge on any atom is -0.489 e. The number of aliphatic hydroxyl groups is 1. The summed E-state index contributed by atoms with van der Waals surface area (Å²) in [6.07, 6.45) is 1.47. The van der Waals surface area contributed by atoms with E-state index in [9.17, 15) is 29.5 Å². The maximum absolute atomic E-state index is 14.0. The molecule has 4 amide bonds. The molecule has 5 N–H and O–H groups in total. The topological polar surface area (TPSA) is 195 Å². The second-order valence-electron chi connectivity index (χ2n) is 20.8. The summed E-state index contributed by atoms with van der Waals surface area (Å²) in [6.45, 7) is 19.2. The predicted molar refractivity (Wildman–Crippen MR) is 270 cm³/mol. The molecule has 3 atom stereocenters. The van der Waals surface area contributed by atoms with Crippen molar-refractivity contribution in [3.8, 4) is 22.3 Å². The zero-order chi connectivity index (χ0) is 50.3. The fraction of sp³-hybridized carbons (Fsp3) is 0.509. The Hall–Kier alpha value is -5.53.